The number of methoxy groups -OCH3 is 1. The highest BCUT2D eigenvalue weighted by Gasteiger charge is 2.52. The zero-order valence-electron chi connectivity index (χ0n) is 8.59. The Morgan fingerprint density at radius 3 is 2.79 bits per heavy atom. The molecule has 2 aliphatic rings. The van der Waals surface area contributed by atoms with E-state index in [2.05, 4.69) is 19.1 Å². The van der Waals surface area contributed by atoms with Gasteiger partial charge in [0.2, 0.25) is 0 Å². The van der Waals surface area contributed by atoms with E-state index < -0.39 is 0 Å². The van der Waals surface area contributed by atoms with Gasteiger partial charge in [0, 0.05) is 11.0 Å². The molecule has 14 heavy (non-hydrogen) atoms. The van der Waals surface area contributed by atoms with Crippen LogP contribution in [0.25, 0.3) is 0 Å². The van der Waals surface area contributed by atoms with Gasteiger partial charge in [-0.15, -0.1) is 0 Å². The zero-order chi connectivity index (χ0) is 9.76. The molecule has 0 bridgehead atoms. The fourth-order valence-electron chi connectivity index (χ4n) is 2.35. The molecule has 1 aliphatic carbocycles. The lowest BCUT2D eigenvalue weighted by atomic mass is 9.96. The lowest BCUT2D eigenvalue weighted by Crippen LogP contribution is -2.08. The number of hydrogen-bond donors (Lipinski definition) is 0. The third-order valence-electron chi connectivity index (χ3n) is 3.32. The Hall–Kier alpha value is -1.18. The molecule has 74 valence electrons. The van der Waals surface area contributed by atoms with E-state index in [1.807, 2.05) is 0 Å². The maximum Gasteiger partial charge on any atom is 0.127 e. The molecular formula is C12H14O2. The Bertz CT molecular complexity index is 392. The number of hydrogen-bond acceptors (Lipinski definition) is 2. The summed E-state index contributed by atoms with van der Waals surface area (Å²) in [6.07, 6.45) is 2.50. The maximum absolute atomic E-state index is 5.72. The van der Waals surface area contributed by atoms with Gasteiger partial charge in [-0.05, 0) is 37.5 Å². The predicted molar refractivity (Wildman–Crippen MR) is 54.1 cm³/mol. The molecule has 1 spiro atoms. The van der Waals surface area contributed by atoms with E-state index in [1.165, 1.54) is 24.0 Å². The van der Waals surface area contributed by atoms with Crippen LogP contribution in [0.1, 0.15) is 24.0 Å². The van der Waals surface area contributed by atoms with Crippen molar-refractivity contribution in [1.29, 1.82) is 0 Å². The van der Waals surface area contributed by atoms with Crippen molar-refractivity contribution in [3.05, 3.63) is 23.3 Å². The van der Waals surface area contributed by atoms with Crippen LogP contribution < -0.4 is 9.47 Å². The van der Waals surface area contributed by atoms with Crippen molar-refractivity contribution in [3.63, 3.8) is 0 Å². The highest BCUT2D eigenvalue weighted by Crippen LogP contribution is 2.58. The minimum absolute atomic E-state index is 0.314. The first-order chi connectivity index (χ1) is 6.75. The van der Waals surface area contributed by atoms with E-state index in [0.717, 1.165) is 18.1 Å². The first-order valence-corrected chi connectivity index (χ1v) is 5.07. The Morgan fingerprint density at radius 1 is 1.36 bits per heavy atom. The van der Waals surface area contributed by atoms with Crippen LogP contribution in [0.15, 0.2) is 12.1 Å². The van der Waals surface area contributed by atoms with Gasteiger partial charge in [-0.25, -0.2) is 0 Å². The van der Waals surface area contributed by atoms with Crippen molar-refractivity contribution < 1.29 is 9.47 Å². The lowest BCUT2D eigenvalue weighted by molar-refractivity contribution is 0.323. The number of rotatable bonds is 1. The zero-order valence-corrected chi connectivity index (χ0v) is 8.59. The average Bonchev–Trinajstić information content (AvgIpc) is 2.85. The van der Waals surface area contributed by atoms with Gasteiger partial charge in [0.25, 0.3) is 0 Å². The van der Waals surface area contributed by atoms with E-state index in [0.29, 0.717) is 5.41 Å². The molecular weight excluding hydrogens is 176 g/mol. The van der Waals surface area contributed by atoms with Crippen LogP contribution in [0.5, 0.6) is 11.5 Å². The summed E-state index contributed by atoms with van der Waals surface area (Å²) in [4.78, 5) is 0. The van der Waals surface area contributed by atoms with Crippen LogP contribution in [0.4, 0.5) is 0 Å². The summed E-state index contributed by atoms with van der Waals surface area (Å²) in [5.74, 6) is 2.05. The van der Waals surface area contributed by atoms with Gasteiger partial charge in [0.1, 0.15) is 11.5 Å². The summed E-state index contributed by atoms with van der Waals surface area (Å²) in [5, 5.41) is 0. The van der Waals surface area contributed by atoms with Gasteiger partial charge in [-0.3, -0.25) is 0 Å². The number of ether oxygens (including phenoxy) is 2. The first-order valence-electron chi connectivity index (χ1n) is 5.07. The SMILES string of the molecule is COc1cc(C)cc2c1C1(CC1)CO2. The molecule has 0 unspecified atom stereocenters. The van der Waals surface area contributed by atoms with Crippen molar-refractivity contribution in [2.75, 3.05) is 13.7 Å². The van der Waals surface area contributed by atoms with Crippen LogP contribution in [-0.2, 0) is 5.41 Å². The van der Waals surface area contributed by atoms with Crippen molar-refractivity contribution in [3.8, 4) is 11.5 Å². The molecule has 1 aliphatic heterocycles. The van der Waals surface area contributed by atoms with Crippen LogP contribution in [0.2, 0.25) is 0 Å². The second-order valence-corrected chi connectivity index (χ2v) is 4.41. The Kier molecular flexibility index (Phi) is 1.42. The molecule has 0 radical (unpaired) electrons. The summed E-state index contributed by atoms with van der Waals surface area (Å²) in [6, 6.07) is 4.22. The molecule has 0 aromatic heterocycles. The number of benzene rings is 1. The molecule has 0 atom stereocenters. The molecule has 1 saturated carbocycles. The summed E-state index contributed by atoms with van der Waals surface area (Å²) in [6.45, 7) is 2.92. The Balaban J connectivity index is 2.21. The van der Waals surface area contributed by atoms with Crippen LogP contribution in [0.3, 0.4) is 0 Å². The van der Waals surface area contributed by atoms with Gasteiger partial charge < -0.3 is 9.47 Å². The topological polar surface area (TPSA) is 18.5 Å². The van der Waals surface area contributed by atoms with Crippen LogP contribution >= 0.6 is 0 Å². The third kappa shape index (κ3) is 0.912. The van der Waals surface area contributed by atoms with Crippen molar-refractivity contribution >= 4 is 0 Å². The first kappa shape index (κ1) is 8.16. The maximum atomic E-state index is 5.72. The lowest BCUT2D eigenvalue weighted by Gasteiger charge is -2.10. The minimum atomic E-state index is 0.314. The van der Waals surface area contributed by atoms with Gasteiger partial charge in [0.05, 0.1) is 13.7 Å². The smallest absolute Gasteiger partial charge is 0.127 e. The largest absolute Gasteiger partial charge is 0.496 e. The third-order valence-corrected chi connectivity index (χ3v) is 3.32. The minimum Gasteiger partial charge on any atom is -0.496 e. The molecule has 1 aromatic carbocycles. The van der Waals surface area contributed by atoms with Gasteiger partial charge in [0.15, 0.2) is 0 Å². The Labute approximate surface area is 83.8 Å². The highest BCUT2D eigenvalue weighted by molar-refractivity contribution is 5.57. The van der Waals surface area contributed by atoms with E-state index in [-0.39, 0.29) is 0 Å². The Morgan fingerprint density at radius 2 is 2.14 bits per heavy atom. The van der Waals surface area contributed by atoms with E-state index >= 15 is 0 Å². The number of fused-ring (bicyclic) bond motifs is 2. The molecule has 1 fully saturated rings. The van der Waals surface area contributed by atoms with Crippen LogP contribution in [0, 0.1) is 6.92 Å². The highest BCUT2D eigenvalue weighted by atomic mass is 16.5. The summed E-state index contributed by atoms with van der Waals surface area (Å²) < 4.78 is 11.2. The molecule has 1 aromatic rings. The summed E-state index contributed by atoms with van der Waals surface area (Å²) in [5.41, 5.74) is 2.83. The van der Waals surface area contributed by atoms with Gasteiger partial charge in [-0.1, -0.05) is 0 Å². The van der Waals surface area contributed by atoms with Gasteiger partial charge in [-0.2, -0.15) is 0 Å². The monoisotopic (exact) mass is 190 g/mol. The molecule has 1 heterocycles. The average molecular weight is 190 g/mol. The van der Waals surface area contributed by atoms with Crippen LogP contribution in [-0.4, -0.2) is 13.7 Å². The summed E-state index contributed by atoms with van der Waals surface area (Å²) in [7, 11) is 1.74. The predicted octanol–water partition coefficient (Wildman–Crippen LogP) is 2.43. The van der Waals surface area contributed by atoms with Crippen molar-refractivity contribution in [1.82, 2.24) is 0 Å². The molecule has 0 amide bonds. The van der Waals surface area contributed by atoms with Crippen molar-refractivity contribution in [2.45, 2.75) is 25.2 Å². The quantitative estimate of drug-likeness (QED) is 0.677. The summed E-state index contributed by atoms with van der Waals surface area (Å²) >= 11 is 0. The fourth-order valence-corrected chi connectivity index (χ4v) is 2.35. The second-order valence-electron chi connectivity index (χ2n) is 4.41. The van der Waals surface area contributed by atoms with E-state index in [9.17, 15) is 0 Å². The molecule has 0 saturated heterocycles. The number of aryl methyl sites for hydroxylation is 1. The second kappa shape index (κ2) is 2.44. The molecule has 3 rings (SSSR count). The molecule has 0 N–H and O–H groups in total. The van der Waals surface area contributed by atoms with E-state index in [4.69, 9.17) is 9.47 Å². The molecule has 2 heteroatoms. The standard InChI is InChI=1S/C12H14O2/c1-8-5-9(13-2)11-10(6-8)14-7-12(11)3-4-12/h5-6H,3-4,7H2,1-2H3. The van der Waals surface area contributed by atoms with Gasteiger partial charge >= 0.3 is 0 Å². The van der Waals surface area contributed by atoms with Crippen molar-refractivity contribution in [2.24, 2.45) is 0 Å². The van der Waals surface area contributed by atoms with E-state index in [1.54, 1.807) is 7.11 Å². The normalized spacial score (nSPS) is 20.4. The fraction of sp³-hybridized carbons (Fsp3) is 0.500. The molecule has 2 nitrogen and oxygen atoms in total.